The molecule has 0 atom stereocenters. The van der Waals surface area contributed by atoms with Crippen LogP contribution in [0.5, 0.6) is 0 Å². The number of nitrogen functional groups attached to an aromatic ring is 1. The topological polar surface area (TPSA) is 68.0 Å². The molecule has 0 bridgehead atoms. The second kappa shape index (κ2) is 5.42. The number of nitrogens with zero attached hydrogens (tertiary/aromatic N) is 1. The maximum absolute atomic E-state index is 12.5. The minimum Gasteiger partial charge on any atom is -0.375 e. The number of hydrogen-bond donors (Lipinski definition) is 2. The summed E-state index contributed by atoms with van der Waals surface area (Å²) in [5.41, 5.74) is 11.2. The first kappa shape index (κ1) is 14.5. The zero-order valence-corrected chi connectivity index (χ0v) is 13.5. The van der Waals surface area contributed by atoms with Gasteiger partial charge in [-0.1, -0.05) is 29.0 Å². The van der Waals surface area contributed by atoms with Gasteiger partial charge in [0.1, 0.15) is 0 Å². The zero-order chi connectivity index (χ0) is 15.9. The van der Waals surface area contributed by atoms with E-state index in [1.807, 2.05) is 51.1 Å². The monoisotopic (exact) mass is 311 g/mol. The largest absolute Gasteiger partial charge is 0.375 e. The molecule has 22 heavy (non-hydrogen) atoms. The Morgan fingerprint density at radius 1 is 1.23 bits per heavy atom. The Kier molecular flexibility index (Phi) is 3.58. The van der Waals surface area contributed by atoms with Crippen LogP contribution >= 0.6 is 11.3 Å². The zero-order valence-electron chi connectivity index (χ0n) is 12.7. The van der Waals surface area contributed by atoms with Crippen molar-refractivity contribution in [3.63, 3.8) is 0 Å². The maximum Gasteiger partial charge on any atom is 0.255 e. The van der Waals surface area contributed by atoms with E-state index in [2.05, 4.69) is 10.3 Å². The van der Waals surface area contributed by atoms with E-state index < -0.39 is 0 Å². The second-order valence-corrected chi connectivity index (χ2v) is 6.45. The third-order valence-corrected chi connectivity index (χ3v) is 4.67. The highest BCUT2D eigenvalue weighted by Crippen LogP contribution is 2.34. The summed E-state index contributed by atoms with van der Waals surface area (Å²) in [6.45, 7) is 5.92. The lowest BCUT2D eigenvalue weighted by Gasteiger charge is -2.12. The summed E-state index contributed by atoms with van der Waals surface area (Å²) in [4.78, 5) is 16.8. The summed E-state index contributed by atoms with van der Waals surface area (Å²) in [6, 6.07) is 9.51. The van der Waals surface area contributed by atoms with E-state index in [-0.39, 0.29) is 5.91 Å². The summed E-state index contributed by atoms with van der Waals surface area (Å²) in [5, 5.41) is 3.56. The number of hydrogen-bond acceptors (Lipinski definition) is 4. The first-order valence-electron chi connectivity index (χ1n) is 7.00. The third kappa shape index (κ3) is 2.55. The molecule has 1 heterocycles. The Labute approximate surface area is 133 Å². The lowest BCUT2D eigenvalue weighted by Crippen LogP contribution is -2.14. The number of anilines is 2. The van der Waals surface area contributed by atoms with E-state index in [1.165, 1.54) is 11.3 Å². The fourth-order valence-electron chi connectivity index (χ4n) is 2.57. The Morgan fingerprint density at radius 3 is 2.73 bits per heavy atom. The molecule has 0 unspecified atom stereocenters. The molecule has 0 aliphatic carbocycles. The fourth-order valence-corrected chi connectivity index (χ4v) is 3.38. The van der Waals surface area contributed by atoms with E-state index in [1.54, 1.807) is 0 Å². The van der Waals surface area contributed by atoms with Gasteiger partial charge in [0.2, 0.25) is 0 Å². The van der Waals surface area contributed by atoms with Crippen LogP contribution in [0.15, 0.2) is 30.3 Å². The van der Waals surface area contributed by atoms with Gasteiger partial charge in [0.15, 0.2) is 5.13 Å². The van der Waals surface area contributed by atoms with Gasteiger partial charge in [-0.3, -0.25) is 4.79 Å². The molecule has 0 aliphatic heterocycles. The van der Waals surface area contributed by atoms with Crippen LogP contribution < -0.4 is 11.1 Å². The molecule has 3 N–H and O–H groups in total. The number of rotatable bonds is 2. The Hall–Kier alpha value is -2.40. The predicted octanol–water partition coefficient (Wildman–Crippen LogP) is 4.06. The van der Waals surface area contributed by atoms with Crippen LogP contribution in [0.25, 0.3) is 10.2 Å². The number of amides is 1. The van der Waals surface area contributed by atoms with E-state index in [0.717, 1.165) is 32.6 Å². The number of thiazole rings is 1. The molecular weight excluding hydrogens is 294 g/mol. The Balaban J connectivity index is 2.01. The lowest BCUT2D eigenvalue weighted by molar-refractivity contribution is 0.102. The van der Waals surface area contributed by atoms with Crippen LogP contribution in [0.1, 0.15) is 27.0 Å². The Bertz CT molecular complexity index is 883. The first-order valence-corrected chi connectivity index (χ1v) is 7.81. The van der Waals surface area contributed by atoms with E-state index in [9.17, 15) is 4.79 Å². The van der Waals surface area contributed by atoms with Crippen molar-refractivity contribution in [3.05, 3.63) is 52.6 Å². The molecule has 5 heteroatoms. The van der Waals surface area contributed by atoms with E-state index in [4.69, 9.17) is 5.73 Å². The molecular formula is C17H17N3OS. The standard InChI is InChI=1S/C17H17N3OS/c1-9-5-4-6-12(7-9)16(21)20-14-10(2)8-13-15(11(14)3)22-17(18)19-13/h4-8H,1-3H3,(H2,18,19)(H,20,21). The van der Waals surface area contributed by atoms with Crippen molar-refractivity contribution in [2.75, 3.05) is 11.1 Å². The number of carbonyl (C=O) groups excluding carboxylic acids is 1. The van der Waals surface area contributed by atoms with Crippen molar-refractivity contribution < 1.29 is 4.79 Å². The molecule has 0 radical (unpaired) electrons. The molecule has 0 aliphatic rings. The average molecular weight is 311 g/mol. The van der Waals surface area contributed by atoms with Gasteiger partial charge in [0, 0.05) is 11.3 Å². The smallest absolute Gasteiger partial charge is 0.255 e. The van der Waals surface area contributed by atoms with Crippen LogP contribution in [-0.4, -0.2) is 10.9 Å². The summed E-state index contributed by atoms with van der Waals surface area (Å²) in [5.74, 6) is -0.105. The van der Waals surface area contributed by atoms with Gasteiger partial charge in [0.25, 0.3) is 5.91 Å². The van der Waals surface area contributed by atoms with Gasteiger partial charge in [-0.25, -0.2) is 4.98 Å². The number of carbonyl (C=O) groups is 1. The molecule has 0 fully saturated rings. The maximum atomic E-state index is 12.5. The highest BCUT2D eigenvalue weighted by Gasteiger charge is 2.14. The van der Waals surface area contributed by atoms with Gasteiger partial charge >= 0.3 is 0 Å². The molecule has 0 spiro atoms. The molecule has 3 aromatic rings. The van der Waals surface area contributed by atoms with E-state index in [0.29, 0.717) is 10.7 Å². The molecule has 2 aromatic carbocycles. The van der Waals surface area contributed by atoms with Gasteiger partial charge in [-0.05, 0) is 50.1 Å². The van der Waals surface area contributed by atoms with Crippen molar-refractivity contribution in [1.82, 2.24) is 4.98 Å². The van der Waals surface area contributed by atoms with E-state index >= 15 is 0 Å². The van der Waals surface area contributed by atoms with Crippen molar-refractivity contribution in [2.24, 2.45) is 0 Å². The van der Waals surface area contributed by atoms with Crippen LogP contribution in [0.4, 0.5) is 10.8 Å². The van der Waals surface area contributed by atoms with Crippen LogP contribution in [0, 0.1) is 20.8 Å². The minimum atomic E-state index is -0.105. The molecule has 0 saturated carbocycles. The summed E-state index contributed by atoms with van der Waals surface area (Å²) < 4.78 is 1.02. The minimum absolute atomic E-state index is 0.105. The summed E-state index contributed by atoms with van der Waals surface area (Å²) in [6.07, 6.45) is 0. The van der Waals surface area contributed by atoms with Crippen molar-refractivity contribution >= 4 is 38.3 Å². The summed E-state index contributed by atoms with van der Waals surface area (Å²) in [7, 11) is 0. The quantitative estimate of drug-likeness (QED) is 0.750. The van der Waals surface area contributed by atoms with Crippen LogP contribution in [0.2, 0.25) is 0 Å². The first-order chi connectivity index (χ1) is 10.5. The highest BCUT2D eigenvalue weighted by molar-refractivity contribution is 7.22. The third-order valence-electron chi connectivity index (χ3n) is 3.65. The Morgan fingerprint density at radius 2 is 2.00 bits per heavy atom. The van der Waals surface area contributed by atoms with Crippen molar-refractivity contribution in [3.8, 4) is 0 Å². The number of aromatic nitrogens is 1. The number of fused-ring (bicyclic) bond motifs is 1. The normalized spacial score (nSPS) is 10.9. The number of nitrogens with one attached hydrogen (secondary N) is 1. The second-order valence-electron chi connectivity index (χ2n) is 5.42. The molecule has 112 valence electrons. The number of nitrogens with two attached hydrogens (primary N) is 1. The summed E-state index contributed by atoms with van der Waals surface area (Å²) >= 11 is 1.44. The highest BCUT2D eigenvalue weighted by atomic mass is 32.1. The average Bonchev–Trinajstić information content (AvgIpc) is 2.84. The van der Waals surface area contributed by atoms with Gasteiger partial charge in [-0.15, -0.1) is 0 Å². The molecule has 4 nitrogen and oxygen atoms in total. The lowest BCUT2D eigenvalue weighted by atomic mass is 10.1. The van der Waals surface area contributed by atoms with Gasteiger partial charge in [0.05, 0.1) is 10.2 Å². The number of aryl methyl sites for hydroxylation is 3. The predicted molar refractivity (Wildman–Crippen MR) is 92.6 cm³/mol. The van der Waals surface area contributed by atoms with Gasteiger partial charge < -0.3 is 11.1 Å². The van der Waals surface area contributed by atoms with Crippen LogP contribution in [0.3, 0.4) is 0 Å². The number of benzene rings is 2. The molecule has 3 rings (SSSR count). The van der Waals surface area contributed by atoms with Gasteiger partial charge in [-0.2, -0.15) is 0 Å². The fraction of sp³-hybridized carbons (Fsp3) is 0.176. The van der Waals surface area contributed by atoms with Crippen molar-refractivity contribution in [2.45, 2.75) is 20.8 Å². The van der Waals surface area contributed by atoms with Crippen LogP contribution in [-0.2, 0) is 0 Å². The molecule has 0 saturated heterocycles. The molecule has 1 aromatic heterocycles. The molecule has 1 amide bonds. The SMILES string of the molecule is Cc1cccc(C(=O)Nc2c(C)cc3nc(N)sc3c2C)c1. The van der Waals surface area contributed by atoms with Crippen molar-refractivity contribution in [1.29, 1.82) is 0 Å².